The Labute approximate surface area is 68.1 Å². The molecule has 2 heteroatoms. The number of rotatable bonds is 2. The van der Waals surface area contributed by atoms with Crippen LogP contribution in [0.1, 0.15) is 0 Å². The molecular weight excluding hydrogens is 152 g/mol. The van der Waals surface area contributed by atoms with Crippen LogP contribution in [0.2, 0.25) is 19.6 Å². The summed E-state index contributed by atoms with van der Waals surface area (Å²) in [4.78, 5) is 0. The van der Waals surface area contributed by atoms with Crippen LogP contribution in [0, 0.1) is 0 Å². The summed E-state index contributed by atoms with van der Waals surface area (Å²) in [7, 11) is -1.38. The summed E-state index contributed by atoms with van der Waals surface area (Å²) in [5.74, 6) is 1.10. The van der Waals surface area contributed by atoms with E-state index in [4.69, 9.17) is 4.43 Å². The fraction of sp³-hybridized carbons (Fsp3) is 0.333. The topological polar surface area (TPSA) is 9.23 Å². The molecule has 0 radical (unpaired) electrons. The Bertz CT molecular complexity index is 299. The van der Waals surface area contributed by atoms with E-state index in [1.165, 1.54) is 11.1 Å². The lowest BCUT2D eigenvalue weighted by Gasteiger charge is -2.17. The van der Waals surface area contributed by atoms with Gasteiger partial charge in [0.15, 0.2) is 0 Å². The van der Waals surface area contributed by atoms with E-state index in [1.807, 2.05) is 0 Å². The van der Waals surface area contributed by atoms with Crippen LogP contribution in [-0.4, -0.2) is 8.32 Å². The third-order valence-corrected chi connectivity index (χ3v) is 2.46. The summed E-state index contributed by atoms with van der Waals surface area (Å²) in [5.41, 5.74) is 2.69. The standard InChI is InChI=1S/C9H12OSi/c1-11(2,3)10-9-5-4-7-6-8(7)9/h4-6H,1-3H3. The second-order valence-corrected chi connectivity index (χ2v) is 8.35. The molecule has 0 heterocycles. The van der Waals surface area contributed by atoms with E-state index < -0.39 is 8.32 Å². The molecule has 0 fully saturated rings. The molecule has 0 aromatic rings. The summed E-state index contributed by atoms with van der Waals surface area (Å²) in [6, 6.07) is 6.35. The van der Waals surface area contributed by atoms with Gasteiger partial charge in [-0.3, -0.25) is 0 Å². The van der Waals surface area contributed by atoms with E-state index in [9.17, 15) is 0 Å². The molecule has 1 nitrogen and oxygen atoms in total. The zero-order valence-corrected chi connectivity index (χ0v) is 8.14. The molecule has 0 amide bonds. The average molecular weight is 164 g/mol. The van der Waals surface area contributed by atoms with Gasteiger partial charge in [-0.15, -0.1) is 0 Å². The molecule has 0 aromatic heterocycles. The van der Waals surface area contributed by atoms with Crippen LogP contribution >= 0.6 is 0 Å². The molecule has 0 bridgehead atoms. The second-order valence-electron chi connectivity index (χ2n) is 3.93. The molecule has 0 saturated carbocycles. The molecule has 2 rings (SSSR count). The second kappa shape index (κ2) is 1.88. The Morgan fingerprint density at radius 1 is 1.18 bits per heavy atom. The molecule has 0 N–H and O–H groups in total. The molecular formula is C9H12OSi. The van der Waals surface area contributed by atoms with Crippen molar-refractivity contribution in [2.24, 2.45) is 0 Å². The number of hydrogen-bond acceptors (Lipinski definition) is 1. The van der Waals surface area contributed by atoms with Gasteiger partial charge in [0.25, 0.3) is 0 Å². The predicted octanol–water partition coefficient (Wildman–Crippen LogP) is 2.88. The van der Waals surface area contributed by atoms with E-state index in [0.29, 0.717) is 0 Å². The van der Waals surface area contributed by atoms with Crippen molar-refractivity contribution in [2.75, 3.05) is 0 Å². The van der Waals surface area contributed by atoms with Crippen LogP contribution in [0.3, 0.4) is 0 Å². The Balaban J connectivity index is 2.15. The third kappa shape index (κ3) is 1.31. The SMILES string of the molecule is C[Si](C)(C)Oc1ccc2cc1-2. The van der Waals surface area contributed by atoms with Crippen molar-refractivity contribution in [1.82, 2.24) is 0 Å². The Hall–Kier alpha value is -0.763. The lowest BCUT2D eigenvalue weighted by Crippen LogP contribution is -2.29. The monoisotopic (exact) mass is 164 g/mol. The molecule has 0 saturated heterocycles. The zero-order valence-electron chi connectivity index (χ0n) is 7.14. The van der Waals surface area contributed by atoms with E-state index >= 15 is 0 Å². The lowest BCUT2D eigenvalue weighted by atomic mass is 10.5. The molecule has 0 aromatic carbocycles. The minimum atomic E-state index is -1.38. The highest BCUT2D eigenvalue weighted by Crippen LogP contribution is 2.44. The van der Waals surface area contributed by atoms with Gasteiger partial charge in [0.2, 0.25) is 8.32 Å². The number of hydrogen-bond donors (Lipinski definition) is 0. The van der Waals surface area contributed by atoms with Gasteiger partial charge in [-0.1, -0.05) is 6.07 Å². The maximum absolute atomic E-state index is 5.83. The van der Waals surface area contributed by atoms with Gasteiger partial charge in [0.05, 0.1) is 0 Å². The van der Waals surface area contributed by atoms with Gasteiger partial charge >= 0.3 is 0 Å². The van der Waals surface area contributed by atoms with Crippen LogP contribution in [0.25, 0.3) is 11.1 Å². The van der Waals surface area contributed by atoms with Crippen molar-refractivity contribution in [3.8, 4) is 16.9 Å². The van der Waals surface area contributed by atoms with Gasteiger partial charge in [0, 0.05) is 5.56 Å². The van der Waals surface area contributed by atoms with Crippen LogP contribution in [0.5, 0.6) is 5.75 Å². The highest BCUT2D eigenvalue weighted by Gasteiger charge is 2.23. The van der Waals surface area contributed by atoms with Gasteiger partial charge in [-0.05, 0) is 37.3 Å². The summed E-state index contributed by atoms with van der Waals surface area (Å²) in [6.45, 7) is 6.61. The molecule has 2 aliphatic carbocycles. The molecule has 0 spiro atoms. The number of fused-ring (bicyclic) bond motifs is 1. The summed E-state index contributed by atoms with van der Waals surface area (Å²) >= 11 is 0. The fourth-order valence-corrected chi connectivity index (χ4v) is 1.98. The van der Waals surface area contributed by atoms with Crippen molar-refractivity contribution in [2.45, 2.75) is 19.6 Å². The minimum absolute atomic E-state index is 1.10. The normalized spacial score (nSPS) is 13.0. The Kier molecular flexibility index (Phi) is 1.18. The van der Waals surface area contributed by atoms with E-state index in [1.54, 1.807) is 0 Å². The van der Waals surface area contributed by atoms with Gasteiger partial charge in [-0.25, -0.2) is 0 Å². The minimum Gasteiger partial charge on any atom is -0.544 e. The zero-order chi connectivity index (χ0) is 8.06. The Morgan fingerprint density at radius 3 is 2.27 bits per heavy atom. The highest BCUT2D eigenvalue weighted by molar-refractivity contribution is 6.70. The first-order valence-electron chi connectivity index (χ1n) is 3.90. The lowest BCUT2D eigenvalue weighted by molar-refractivity contribution is 0.563. The quantitative estimate of drug-likeness (QED) is 0.620. The molecule has 0 atom stereocenters. The molecule has 11 heavy (non-hydrogen) atoms. The van der Waals surface area contributed by atoms with Crippen molar-refractivity contribution < 1.29 is 4.43 Å². The molecule has 0 aliphatic heterocycles. The smallest absolute Gasteiger partial charge is 0.242 e. The first-order valence-corrected chi connectivity index (χ1v) is 7.30. The van der Waals surface area contributed by atoms with Gasteiger partial charge in [0.1, 0.15) is 5.75 Å². The fourth-order valence-electron chi connectivity index (χ4n) is 1.14. The maximum atomic E-state index is 5.83. The molecule has 2 aliphatic rings. The van der Waals surface area contributed by atoms with Gasteiger partial charge in [-0.2, -0.15) is 0 Å². The van der Waals surface area contributed by atoms with E-state index in [-0.39, 0.29) is 0 Å². The highest BCUT2D eigenvalue weighted by atomic mass is 28.4. The first-order chi connectivity index (χ1) is 5.06. The molecule has 0 unspecified atom stereocenters. The Morgan fingerprint density at radius 2 is 1.91 bits per heavy atom. The summed E-state index contributed by atoms with van der Waals surface area (Å²) in [6.07, 6.45) is 0. The molecule has 58 valence electrons. The summed E-state index contributed by atoms with van der Waals surface area (Å²) in [5, 5.41) is 0. The predicted molar refractivity (Wildman–Crippen MR) is 49.4 cm³/mol. The maximum Gasteiger partial charge on any atom is 0.242 e. The largest absolute Gasteiger partial charge is 0.544 e. The van der Waals surface area contributed by atoms with Crippen molar-refractivity contribution >= 4 is 8.32 Å². The van der Waals surface area contributed by atoms with Crippen molar-refractivity contribution in [3.63, 3.8) is 0 Å². The van der Waals surface area contributed by atoms with Crippen LogP contribution in [0.4, 0.5) is 0 Å². The van der Waals surface area contributed by atoms with Crippen LogP contribution in [0.15, 0.2) is 18.2 Å². The first kappa shape index (κ1) is 6.92. The van der Waals surface area contributed by atoms with Gasteiger partial charge < -0.3 is 4.43 Å². The van der Waals surface area contributed by atoms with Crippen LogP contribution in [-0.2, 0) is 0 Å². The van der Waals surface area contributed by atoms with Crippen LogP contribution < -0.4 is 4.43 Å². The summed E-state index contributed by atoms with van der Waals surface area (Å²) < 4.78 is 5.83. The van der Waals surface area contributed by atoms with Crippen molar-refractivity contribution in [3.05, 3.63) is 18.2 Å². The van der Waals surface area contributed by atoms with Crippen molar-refractivity contribution in [1.29, 1.82) is 0 Å². The average Bonchev–Trinajstić information content (AvgIpc) is 2.50. The van der Waals surface area contributed by atoms with E-state index in [0.717, 1.165) is 5.75 Å². The number of benzene rings is 1. The third-order valence-electron chi connectivity index (χ3n) is 1.62. The van der Waals surface area contributed by atoms with E-state index in [2.05, 4.69) is 37.8 Å².